The smallest absolute Gasteiger partial charge is 0.251 e. The third-order valence-corrected chi connectivity index (χ3v) is 6.92. The minimum Gasteiger partial charge on any atom is -0.353 e. The van der Waals surface area contributed by atoms with Gasteiger partial charge in [-0.15, -0.1) is 0 Å². The van der Waals surface area contributed by atoms with Crippen molar-refractivity contribution in [3.63, 3.8) is 0 Å². The fourth-order valence-electron chi connectivity index (χ4n) is 6.22. The van der Waals surface area contributed by atoms with Crippen LogP contribution in [-0.4, -0.2) is 37.4 Å². The Balaban J connectivity index is 1.12. The Bertz CT molecular complexity index is 727. The van der Waals surface area contributed by atoms with Crippen molar-refractivity contribution in [3.8, 4) is 0 Å². The molecule has 4 aliphatic rings. The second-order valence-electron chi connectivity index (χ2n) is 9.34. The van der Waals surface area contributed by atoms with E-state index in [2.05, 4.69) is 16.0 Å². The van der Waals surface area contributed by atoms with Gasteiger partial charge < -0.3 is 16.0 Å². The highest BCUT2D eigenvalue weighted by Crippen LogP contribution is 2.61. The molecule has 0 unspecified atom stereocenters. The number of carbonyl (C=O) groups excluding carboxylic acids is 3. The number of carbonyl (C=O) groups is 3. The normalized spacial score (nSPS) is 29.3. The molecule has 0 heterocycles. The zero-order valence-electron chi connectivity index (χ0n) is 16.9. The standard InChI is InChI=1S/C23H31N3O3/c27-20(14-23-11-16-8-17(12-23)10-18(9-16)13-23)26-15-21(28)24-6-7-25-22(29)19-4-2-1-3-5-19/h1-5,16-18H,6-15H2,(H,24,28)(H,25,29)(H,26,27). The van der Waals surface area contributed by atoms with E-state index < -0.39 is 0 Å². The lowest BCUT2D eigenvalue weighted by Gasteiger charge is -2.56. The summed E-state index contributed by atoms with van der Waals surface area (Å²) >= 11 is 0. The summed E-state index contributed by atoms with van der Waals surface area (Å²) in [4.78, 5) is 36.4. The molecular formula is C23H31N3O3. The van der Waals surface area contributed by atoms with Crippen molar-refractivity contribution in [2.24, 2.45) is 23.2 Å². The molecule has 3 N–H and O–H groups in total. The first-order valence-electron chi connectivity index (χ1n) is 10.9. The lowest BCUT2D eigenvalue weighted by Crippen LogP contribution is -2.48. The minimum atomic E-state index is -0.224. The quantitative estimate of drug-likeness (QED) is 0.588. The van der Waals surface area contributed by atoms with Crippen LogP contribution in [0.4, 0.5) is 0 Å². The van der Waals surface area contributed by atoms with Gasteiger partial charge in [-0.05, 0) is 73.8 Å². The van der Waals surface area contributed by atoms with Gasteiger partial charge in [0.1, 0.15) is 0 Å². The van der Waals surface area contributed by atoms with Gasteiger partial charge in [0, 0.05) is 25.1 Å². The summed E-state index contributed by atoms with van der Waals surface area (Å²) in [5, 5.41) is 8.29. The predicted octanol–water partition coefficient (Wildman–Crippen LogP) is 2.26. The molecule has 1 aromatic rings. The van der Waals surface area contributed by atoms with E-state index in [1.54, 1.807) is 12.1 Å². The van der Waals surface area contributed by atoms with Crippen LogP contribution in [0.15, 0.2) is 30.3 Å². The van der Waals surface area contributed by atoms with Gasteiger partial charge in [0.15, 0.2) is 0 Å². The molecule has 0 saturated heterocycles. The monoisotopic (exact) mass is 397 g/mol. The van der Waals surface area contributed by atoms with Gasteiger partial charge in [0.2, 0.25) is 11.8 Å². The average Bonchev–Trinajstić information content (AvgIpc) is 2.69. The van der Waals surface area contributed by atoms with Gasteiger partial charge >= 0.3 is 0 Å². The van der Waals surface area contributed by atoms with Crippen LogP contribution in [0, 0.1) is 23.2 Å². The van der Waals surface area contributed by atoms with Gasteiger partial charge in [-0.2, -0.15) is 0 Å². The molecule has 6 nitrogen and oxygen atoms in total. The molecule has 6 heteroatoms. The lowest BCUT2D eigenvalue weighted by molar-refractivity contribution is -0.131. The summed E-state index contributed by atoms with van der Waals surface area (Å²) in [6.45, 7) is 0.681. The largest absolute Gasteiger partial charge is 0.353 e. The van der Waals surface area contributed by atoms with Crippen LogP contribution in [0.2, 0.25) is 0 Å². The Morgan fingerprint density at radius 1 is 0.793 bits per heavy atom. The molecule has 3 amide bonds. The van der Waals surface area contributed by atoms with E-state index in [9.17, 15) is 14.4 Å². The summed E-state index contributed by atoms with van der Waals surface area (Å²) in [7, 11) is 0. The lowest BCUT2D eigenvalue weighted by atomic mass is 9.49. The third-order valence-electron chi connectivity index (χ3n) is 6.92. The Morgan fingerprint density at radius 2 is 1.38 bits per heavy atom. The van der Waals surface area contributed by atoms with Gasteiger partial charge in [-0.3, -0.25) is 14.4 Å². The van der Waals surface area contributed by atoms with Crippen LogP contribution in [0.1, 0.15) is 55.3 Å². The maximum atomic E-state index is 12.5. The highest BCUT2D eigenvalue weighted by Gasteiger charge is 2.51. The van der Waals surface area contributed by atoms with Crippen LogP contribution in [0.5, 0.6) is 0 Å². The van der Waals surface area contributed by atoms with Crippen molar-refractivity contribution in [2.45, 2.75) is 44.9 Å². The van der Waals surface area contributed by atoms with Gasteiger partial charge in [-0.1, -0.05) is 18.2 Å². The van der Waals surface area contributed by atoms with Crippen LogP contribution in [0.3, 0.4) is 0 Å². The molecule has 4 fully saturated rings. The molecule has 156 valence electrons. The zero-order valence-corrected chi connectivity index (χ0v) is 16.9. The SMILES string of the molecule is O=C(CNC(=O)CC12CC3CC(CC(C3)C1)C2)NCCNC(=O)c1ccccc1. The topological polar surface area (TPSA) is 87.3 Å². The molecule has 5 rings (SSSR count). The highest BCUT2D eigenvalue weighted by atomic mass is 16.2. The minimum absolute atomic E-state index is 0.000481. The summed E-state index contributed by atoms with van der Waals surface area (Å²) < 4.78 is 0. The van der Waals surface area contributed by atoms with Gasteiger partial charge in [0.25, 0.3) is 5.91 Å². The molecule has 0 aromatic heterocycles. The Labute approximate surface area is 172 Å². The first-order chi connectivity index (χ1) is 14.0. The molecule has 1 aromatic carbocycles. The van der Waals surface area contributed by atoms with E-state index in [4.69, 9.17) is 0 Å². The van der Waals surface area contributed by atoms with E-state index in [1.165, 1.54) is 38.5 Å². The van der Waals surface area contributed by atoms with Crippen molar-refractivity contribution >= 4 is 17.7 Å². The van der Waals surface area contributed by atoms with Crippen molar-refractivity contribution in [1.82, 2.24) is 16.0 Å². The number of hydrogen-bond acceptors (Lipinski definition) is 3. The second-order valence-corrected chi connectivity index (χ2v) is 9.34. The third kappa shape index (κ3) is 4.98. The Kier molecular flexibility index (Phi) is 5.88. The van der Waals surface area contributed by atoms with E-state index in [1.807, 2.05) is 18.2 Å². The summed E-state index contributed by atoms with van der Waals surface area (Å²) in [5.41, 5.74) is 0.785. The maximum Gasteiger partial charge on any atom is 0.251 e. The molecule has 0 aliphatic heterocycles. The molecule has 0 spiro atoms. The van der Waals surface area contributed by atoms with Crippen LogP contribution in [0.25, 0.3) is 0 Å². The first-order valence-corrected chi connectivity index (χ1v) is 10.9. The van der Waals surface area contributed by atoms with Crippen LogP contribution in [-0.2, 0) is 9.59 Å². The van der Waals surface area contributed by atoms with Crippen LogP contribution < -0.4 is 16.0 Å². The first kappa shape index (κ1) is 19.9. The number of nitrogens with one attached hydrogen (secondary N) is 3. The van der Waals surface area contributed by atoms with Gasteiger partial charge in [-0.25, -0.2) is 0 Å². The molecule has 0 radical (unpaired) electrons. The summed E-state index contributed by atoms with van der Waals surface area (Å²) in [5.74, 6) is 2.08. The fraction of sp³-hybridized carbons (Fsp3) is 0.609. The van der Waals surface area contributed by atoms with Crippen molar-refractivity contribution in [3.05, 3.63) is 35.9 Å². The van der Waals surface area contributed by atoms with Crippen molar-refractivity contribution < 1.29 is 14.4 Å². The number of benzene rings is 1. The number of amides is 3. The molecule has 4 bridgehead atoms. The zero-order chi connectivity index (χ0) is 20.3. The Hall–Kier alpha value is -2.37. The second kappa shape index (κ2) is 8.56. The number of hydrogen-bond donors (Lipinski definition) is 3. The highest BCUT2D eigenvalue weighted by molar-refractivity contribution is 5.94. The van der Waals surface area contributed by atoms with Crippen LogP contribution >= 0.6 is 0 Å². The van der Waals surface area contributed by atoms with Crippen molar-refractivity contribution in [1.29, 1.82) is 0 Å². The molecular weight excluding hydrogens is 366 g/mol. The molecule has 29 heavy (non-hydrogen) atoms. The maximum absolute atomic E-state index is 12.5. The molecule has 4 saturated carbocycles. The average molecular weight is 398 g/mol. The van der Waals surface area contributed by atoms with Crippen molar-refractivity contribution in [2.75, 3.05) is 19.6 Å². The van der Waals surface area contributed by atoms with E-state index in [-0.39, 0.29) is 29.7 Å². The van der Waals surface area contributed by atoms with E-state index in [0.717, 1.165) is 17.8 Å². The molecule has 4 aliphatic carbocycles. The number of rotatable bonds is 8. The summed E-state index contributed by atoms with van der Waals surface area (Å²) in [6.07, 6.45) is 8.24. The fourth-order valence-corrected chi connectivity index (χ4v) is 6.22. The van der Waals surface area contributed by atoms with E-state index >= 15 is 0 Å². The Morgan fingerprint density at radius 3 is 2.00 bits per heavy atom. The van der Waals surface area contributed by atoms with E-state index in [0.29, 0.717) is 25.1 Å². The van der Waals surface area contributed by atoms with Gasteiger partial charge in [0.05, 0.1) is 6.54 Å². The molecule has 0 atom stereocenters. The predicted molar refractivity (Wildman–Crippen MR) is 110 cm³/mol. The summed E-state index contributed by atoms with van der Waals surface area (Å²) in [6, 6.07) is 8.96.